The highest BCUT2D eigenvalue weighted by Crippen LogP contribution is 1.45. The molecule has 3 heteroatoms. The molecule has 0 rings (SSSR count). The van der Waals surface area contributed by atoms with Gasteiger partial charge in [0.15, 0.2) is 0 Å². The summed E-state index contributed by atoms with van der Waals surface area (Å²) < 4.78 is 9.22. The minimum atomic E-state index is 0. The molecule has 0 N–H and O–H groups in total. The van der Waals surface area contributed by atoms with Gasteiger partial charge < -0.3 is 0 Å². The van der Waals surface area contributed by atoms with Crippen molar-refractivity contribution in [2.75, 3.05) is 5.75 Å². The molecular formula is C2H6IOS+. The minimum Gasteiger partial charge on any atom is -0.107 e. The Balaban J connectivity index is 0. The van der Waals surface area contributed by atoms with Crippen molar-refractivity contribution < 1.29 is 4.21 Å². The molecule has 0 heterocycles. The Kier molecular flexibility index (Phi) is 16.3. The Morgan fingerprint density at radius 2 is 2.00 bits per heavy atom. The normalized spacial score (nSPS) is 5.00. The first-order chi connectivity index (χ1) is 1.91. The molecule has 0 atom stereocenters. The molecule has 0 aromatic rings. The zero-order chi connectivity index (χ0) is 3.41. The Morgan fingerprint density at radius 3 is 2.00 bits per heavy atom. The molecule has 32 valence electrons. The van der Waals surface area contributed by atoms with E-state index in [-0.39, 0.29) is 24.0 Å². The number of rotatable bonds is 1. The maximum atomic E-state index is 9.22. The Labute approximate surface area is 52.7 Å². The van der Waals surface area contributed by atoms with Crippen LogP contribution in [0.3, 0.4) is 0 Å². The van der Waals surface area contributed by atoms with Crippen molar-refractivity contribution in [3.63, 3.8) is 0 Å². The Hall–Kier alpha value is 0.750. The molecule has 0 radical (unpaired) electrons. The summed E-state index contributed by atoms with van der Waals surface area (Å²) in [7, 11) is 0. The van der Waals surface area contributed by atoms with Gasteiger partial charge in [-0.2, -0.15) is 0 Å². The smallest absolute Gasteiger partial charge is 0.107 e. The van der Waals surface area contributed by atoms with Gasteiger partial charge >= 0.3 is 11.7 Å². The van der Waals surface area contributed by atoms with Crippen molar-refractivity contribution in [3.05, 3.63) is 0 Å². The van der Waals surface area contributed by atoms with Gasteiger partial charge in [-0.15, -0.1) is 24.0 Å². The fraction of sp³-hybridized carbons (Fsp3) is 1.00. The van der Waals surface area contributed by atoms with Crippen LogP contribution >= 0.6 is 24.0 Å². The van der Waals surface area contributed by atoms with Crippen LogP contribution in [-0.2, 0) is 15.9 Å². The van der Waals surface area contributed by atoms with Gasteiger partial charge in [0.2, 0.25) is 5.75 Å². The second-order valence-electron chi connectivity index (χ2n) is 0.407. The van der Waals surface area contributed by atoms with Gasteiger partial charge in [0.1, 0.15) is 0 Å². The molecule has 0 bridgehead atoms. The van der Waals surface area contributed by atoms with Crippen LogP contribution in [0.25, 0.3) is 0 Å². The topological polar surface area (TPSA) is 17.1 Å². The average Bonchev–Trinajstić information content (AvgIpc) is 1.37. The van der Waals surface area contributed by atoms with Crippen molar-refractivity contribution >= 4 is 35.6 Å². The highest BCUT2D eigenvalue weighted by Gasteiger charge is 1.77. The molecule has 0 amide bonds. The zero-order valence-electron chi connectivity index (χ0n) is 2.93. The van der Waals surface area contributed by atoms with Crippen LogP contribution in [0.2, 0.25) is 0 Å². The van der Waals surface area contributed by atoms with E-state index in [4.69, 9.17) is 0 Å². The monoisotopic (exact) mass is 205 g/mol. The first kappa shape index (κ1) is 9.23. The third-order valence-electron chi connectivity index (χ3n) is 0.118. The highest BCUT2D eigenvalue weighted by atomic mass is 127. The van der Waals surface area contributed by atoms with Crippen molar-refractivity contribution in [3.8, 4) is 0 Å². The molecule has 0 aliphatic carbocycles. The van der Waals surface area contributed by atoms with Crippen LogP contribution in [0.4, 0.5) is 0 Å². The lowest BCUT2D eigenvalue weighted by atomic mass is 11.0. The first-order valence-electron chi connectivity index (χ1n) is 1.16. The summed E-state index contributed by atoms with van der Waals surface area (Å²) in [4.78, 5) is 0. The summed E-state index contributed by atoms with van der Waals surface area (Å²) in [6, 6.07) is 0. The third kappa shape index (κ3) is 11.7. The molecule has 0 aliphatic heterocycles. The van der Waals surface area contributed by atoms with E-state index in [2.05, 4.69) is 0 Å². The predicted molar refractivity (Wildman–Crippen MR) is 34.0 cm³/mol. The van der Waals surface area contributed by atoms with Gasteiger partial charge in [0.25, 0.3) is 0 Å². The van der Waals surface area contributed by atoms with E-state index in [0.29, 0.717) is 17.4 Å². The second kappa shape index (κ2) is 8.83. The molecule has 0 saturated carbocycles. The number of hydrogen-bond acceptors (Lipinski definition) is 1. The molecular weight excluding hydrogens is 199 g/mol. The average molecular weight is 205 g/mol. The van der Waals surface area contributed by atoms with Crippen molar-refractivity contribution in [2.24, 2.45) is 0 Å². The number of hydrogen-bond donors (Lipinski definition) is 0. The van der Waals surface area contributed by atoms with Crippen LogP contribution in [0.1, 0.15) is 6.92 Å². The lowest BCUT2D eigenvalue weighted by Crippen LogP contribution is -1.59. The van der Waals surface area contributed by atoms with Crippen LogP contribution in [0, 0.1) is 0 Å². The van der Waals surface area contributed by atoms with E-state index in [1.165, 1.54) is 0 Å². The van der Waals surface area contributed by atoms with Crippen LogP contribution < -0.4 is 0 Å². The summed E-state index contributed by atoms with van der Waals surface area (Å²) >= 11 is 0.606. The molecule has 5 heavy (non-hydrogen) atoms. The van der Waals surface area contributed by atoms with E-state index in [9.17, 15) is 4.21 Å². The lowest BCUT2D eigenvalue weighted by molar-refractivity contribution is 0.605. The van der Waals surface area contributed by atoms with Gasteiger partial charge in [-0.25, -0.2) is 0 Å². The molecule has 0 aromatic carbocycles. The highest BCUT2D eigenvalue weighted by molar-refractivity contribution is 14.0. The summed E-state index contributed by atoms with van der Waals surface area (Å²) in [5, 5.41) is 0. The van der Waals surface area contributed by atoms with Gasteiger partial charge in [0, 0.05) is 4.21 Å². The van der Waals surface area contributed by atoms with E-state index in [0.717, 1.165) is 0 Å². The largest absolute Gasteiger partial charge is 0.458 e. The van der Waals surface area contributed by atoms with Gasteiger partial charge in [-0.05, 0) is 6.92 Å². The van der Waals surface area contributed by atoms with E-state index >= 15 is 0 Å². The second-order valence-corrected chi connectivity index (χ2v) is 1.22. The molecule has 0 aromatic heterocycles. The molecule has 0 saturated heterocycles. The van der Waals surface area contributed by atoms with Crippen molar-refractivity contribution in [1.29, 1.82) is 0 Å². The predicted octanol–water partition coefficient (Wildman–Crippen LogP) is 1.05. The molecule has 1 nitrogen and oxygen atoms in total. The van der Waals surface area contributed by atoms with E-state index in [1.807, 2.05) is 6.92 Å². The minimum absolute atomic E-state index is 0. The molecule has 0 fully saturated rings. The molecule has 0 aliphatic rings. The van der Waals surface area contributed by atoms with Crippen molar-refractivity contribution in [2.45, 2.75) is 6.92 Å². The fourth-order valence-electron chi connectivity index (χ4n) is 0. The SMILES string of the molecule is CC[S+]=O.I. The Bertz CT molecular complexity index is 23.6. The van der Waals surface area contributed by atoms with Crippen molar-refractivity contribution in [1.82, 2.24) is 0 Å². The van der Waals surface area contributed by atoms with Gasteiger partial charge in [-0.1, -0.05) is 0 Å². The number of halogens is 1. The summed E-state index contributed by atoms with van der Waals surface area (Å²) in [6.07, 6.45) is 0. The van der Waals surface area contributed by atoms with Crippen LogP contribution in [-0.4, -0.2) is 5.75 Å². The van der Waals surface area contributed by atoms with Crippen LogP contribution in [0.5, 0.6) is 0 Å². The zero-order valence-corrected chi connectivity index (χ0v) is 6.08. The maximum Gasteiger partial charge on any atom is 0.458 e. The molecule has 0 spiro atoms. The lowest BCUT2D eigenvalue weighted by Gasteiger charge is -1.29. The Morgan fingerprint density at radius 1 is 1.80 bits per heavy atom. The van der Waals surface area contributed by atoms with E-state index in [1.54, 1.807) is 0 Å². The summed E-state index contributed by atoms with van der Waals surface area (Å²) in [6.45, 7) is 1.83. The quantitative estimate of drug-likeness (QED) is 0.462. The fourth-order valence-corrected chi connectivity index (χ4v) is 0. The van der Waals surface area contributed by atoms with Gasteiger partial charge in [-0.3, -0.25) is 0 Å². The standard InChI is InChI=1S/C2H5OS.HI/c1-2-4-3;/h2H2,1H3;1H/q+1;. The summed E-state index contributed by atoms with van der Waals surface area (Å²) in [5.41, 5.74) is 0. The van der Waals surface area contributed by atoms with Gasteiger partial charge in [0.05, 0.1) is 0 Å². The summed E-state index contributed by atoms with van der Waals surface area (Å²) in [5.74, 6) is 0.681. The van der Waals surface area contributed by atoms with Crippen LogP contribution in [0.15, 0.2) is 0 Å². The first-order valence-corrected chi connectivity index (χ1v) is 2.07. The maximum absolute atomic E-state index is 9.22. The third-order valence-corrected chi connectivity index (χ3v) is 0.354. The van der Waals surface area contributed by atoms with E-state index < -0.39 is 0 Å². The molecule has 0 unspecified atom stereocenters.